The zero-order chi connectivity index (χ0) is 20.6. The van der Waals surface area contributed by atoms with Gasteiger partial charge < -0.3 is 14.8 Å². The first-order valence-corrected chi connectivity index (χ1v) is 10.6. The summed E-state index contributed by atoms with van der Waals surface area (Å²) in [6, 6.07) is 22.6. The standard InChI is InChI=1S/C23H21N3O3S/c27-23(16-30-20-11-12-21-22(15-20)29-14-4-13-28-21)24-17-7-9-19(10-8-17)26-25-18-5-2-1-3-6-18/h1-3,5-12,15H,4,13-14,16H2,(H,24,27). The van der Waals surface area contributed by atoms with Gasteiger partial charge >= 0.3 is 0 Å². The van der Waals surface area contributed by atoms with Crippen LogP contribution < -0.4 is 14.8 Å². The lowest BCUT2D eigenvalue weighted by Gasteiger charge is -2.09. The smallest absolute Gasteiger partial charge is 0.234 e. The number of anilines is 1. The number of benzene rings is 3. The molecule has 30 heavy (non-hydrogen) atoms. The molecule has 3 aromatic rings. The summed E-state index contributed by atoms with van der Waals surface area (Å²) in [6.07, 6.45) is 0.867. The predicted octanol–water partition coefficient (Wildman–Crippen LogP) is 5.99. The maximum Gasteiger partial charge on any atom is 0.234 e. The number of ether oxygens (including phenoxy) is 2. The average molecular weight is 420 g/mol. The maximum absolute atomic E-state index is 12.3. The molecule has 152 valence electrons. The highest BCUT2D eigenvalue weighted by Crippen LogP contribution is 2.34. The van der Waals surface area contributed by atoms with Gasteiger partial charge in [0.1, 0.15) is 0 Å². The van der Waals surface area contributed by atoms with Crippen molar-refractivity contribution in [1.82, 2.24) is 0 Å². The minimum absolute atomic E-state index is 0.0780. The van der Waals surface area contributed by atoms with Gasteiger partial charge in [-0.3, -0.25) is 4.79 Å². The van der Waals surface area contributed by atoms with E-state index in [9.17, 15) is 4.79 Å². The zero-order valence-electron chi connectivity index (χ0n) is 16.3. The quantitative estimate of drug-likeness (QED) is 0.393. The first kappa shape index (κ1) is 20.0. The first-order valence-electron chi connectivity index (χ1n) is 9.65. The molecule has 1 heterocycles. The van der Waals surface area contributed by atoms with Gasteiger partial charge in [-0.2, -0.15) is 10.2 Å². The van der Waals surface area contributed by atoms with Crippen LogP contribution in [0.4, 0.5) is 17.1 Å². The largest absolute Gasteiger partial charge is 0.490 e. The van der Waals surface area contributed by atoms with E-state index in [-0.39, 0.29) is 5.91 Å². The molecule has 1 aliphatic heterocycles. The molecule has 0 saturated carbocycles. The van der Waals surface area contributed by atoms with Gasteiger partial charge in [-0.25, -0.2) is 0 Å². The van der Waals surface area contributed by atoms with Gasteiger partial charge in [-0.15, -0.1) is 11.8 Å². The van der Waals surface area contributed by atoms with E-state index in [1.165, 1.54) is 11.8 Å². The Labute approximate surface area is 179 Å². The summed E-state index contributed by atoms with van der Waals surface area (Å²) in [7, 11) is 0. The summed E-state index contributed by atoms with van der Waals surface area (Å²) in [5.74, 6) is 1.71. The molecule has 0 unspecified atom stereocenters. The third-order valence-corrected chi connectivity index (χ3v) is 5.27. The number of azo groups is 1. The highest BCUT2D eigenvalue weighted by atomic mass is 32.2. The van der Waals surface area contributed by atoms with E-state index >= 15 is 0 Å². The minimum Gasteiger partial charge on any atom is -0.490 e. The lowest BCUT2D eigenvalue weighted by Crippen LogP contribution is -2.13. The minimum atomic E-state index is -0.0780. The van der Waals surface area contributed by atoms with Crippen LogP contribution in [-0.4, -0.2) is 24.9 Å². The Morgan fingerprint density at radius 1 is 0.867 bits per heavy atom. The number of nitrogens with one attached hydrogen (secondary N) is 1. The van der Waals surface area contributed by atoms with Gasteiger partial charge in [0.15, 0.2) is 11.5 Å². The maximum atomic E-state index is 12.3. The third-order valence-electron chi connectivity index (χ3n) is 4.28. The van der Waals surface area contributed by atoms with Crippen LogP contribution in [0.5, 0.6) is 11.5 Å². The van der Waals surface area contributed by atoms with E-state index in [0.29, 0.717) is 19.0 Å². The second-order valence-electron chi connectivity index (χ2n) is 6.58. The van der Waals surface area contributed by atoms with Crippen LogP contribution in [0.1, 0.15) is 6.42 Å². The van der Waals surface area contributed by atoms with Crippen molar-refractivity contribution in [3.05, 3.63) is 72.8 Å². The Balaban J connectivity index is 1.29. The molecule has 0 saturated heterocycles. The number of hydrogen-bond donors (Lipinski definition) is 1. The molecule has 0 bridgehead atoms. The molecule has 6 nitrogen and oxygen atoms in total. The van der Waals surface area contributed by atoms with Crippen molar-refractivity contribution >= 4 is 34.7 Å². The van der Waals surface area contributed by atoms with Crippen molar-refractivity contribution in [1.29, 1.82) is 0 Å². The molecule has 1 aliphatic rings. The summed E-state index contributed by atoms with van der Waals surface area (Å²) < 4.78 is 11.3. The van der Waals surface area contributed by atoms with Crippen molar-refractivity contribution in [2.24, 2.45) is 10.2 Å². The Morgan fingerprint density at radius 3 is 2.33 bits per heavy atom. The second kappa shape index (κ2) is 9.93. The van der Waals surface area contributed by atoms with Crippen LogP contribution in [0.2, 0.25) is 0 Å². The fourth-order valence-corrected chi connectivity index (χ4v) is 3.53. The first-order chi connectivity index (χ1) is 14.8. The number of thioether (sulfide) groups is 1. The lowest BCUT2D eigenvalue weighted by atomic mass is 10.3. The Bertz CT molecular complexity index is 1020. The molecule has 0 radical (unpaired) electrons. The van der Waals surface area contributed by atoms with E-state index in [4.69, 9.17) is 9.47 Å². The molecule has 3 aromatic carbocycles. The van der Waals surface area contributed by atoms with Crippen molar-refractivity contribution in [3.8, 4) is 11.5 Å². The van der Waals surface area contributed by atoms with E-state index in [2.05, 4.69) is 15.5 Å². The zero-order valence-corrected chi connectivity index (χ0v) is 17.1. The molecule has 0 aliphatic carbocycles. The van der Waals surface area contributed by atoms with Crippen molar-refractivity contribution in [3.63, 3.8) is 0 Å². The number of rotatable bonds is 6. The molecule has 0 aromatic heterocycles. The Hall–Kier alpha value is -3.32. The lowest BCUT2D eigenvalue weighted by molar-refractivity contribution is -0.113. The Morgan fingerprint density at radius 2 is 1.57 bits per heavy atom. The highest BCUT2D eigenvalue weighted by molar-refractivity contribution is 8.00. The number of nitrogens with zero attached hydrogens (tertiary/aromatic N) is 2. The molecular formula is C23H21N3O3S. The molecule has 0 spiro atoms. The average Bonchev–Trinajstić information content (AvgIpc) is 3.03. The van der Waals surface area contributed by atoms with E-state index in [1.807, 2.05) is 72.8 Å². The third kappa shape index (κ3) is 5.61. The number of fused-ring (bicyclic) bond motifs is 1. The fourth-order valence-electron chi connectivity index (χ4n) is 2.80. The van der Waals surface area contributed by atoms with E-state index < -0.39 is 0 Å². The predicted molar refractivity (Wildman–Crippen MR) is 118 cm³/mol. The molecule has 4 rings (SSSR count). The van der Waals surface area contributed by atoms with Gasteiger partial charge in [-0.05, 0) is 54.6 Å². The fraction of sp³-hybridized carbons (Fsp3) is 0.174. The topological polar surface area (TPSA) is 72.3 Å². The monoisotopic (exact) mass is 419 g/mol. The summed E-state index contributed by atoms with van der Waals surface area (Å²) in [4.78, 5) is 13.3. The van der Waals surface area contributed by atoms with Gasteiger partial charge in [-0.1, -0.05) is 18.2 Å². The number of carbonyl (C=O) groups is 1. The summed E-state index contributed by atoms with van der Waals surface area (Å²) in [5, 5.41) is 11.3. The van der Waals surface area contributed by atoms with Gasteiger partial charge in [0.2, 0.25) is 5.91 Å². The van der Waals surface area contributed by atoms with Crippen LogP contribution in [0.25, 0.3) is 0 Å². The molecule has 0 atom stereocenters. The van der Waals surface area contributed by atoms with E-state index in [1.54, 1.807) is 0 Å². The van der Waals surface area contributed by atoms with Crippen LogP contribution in [0.15, 0.2) is 87.9 Å². The Kier molecular flexibility index (Phi) is 6.61. The van der Waals surface area contributed by atoms with Crippen LogP contribution in [-0.2, 0) is 4.79 Å². The number of carbonyl (C=O) groups excluding carboxylic acids is 1. The van der Waals surface area contributed by atoms with Crippen LogP contribution in [0, 0.1) is 0 Å². The van der Waals surface area contributed by atoms with Crippen LogP contribution in [0.3, 0.4) is 0 Å². The molecule has 1 amide bonds. The van der Waals surface area contributed by atoms with E-state index in [0.717, 1.165) is 39.9 Å². The number of amides is 1. The summed E-state index contributed by atoms with van der Waals surface area (Å²) in [5.41, 5.74) is 2.23. The van der Waals surface area contributed by atoms with Gasteiger partial charge in [0.05, 0.1) is 30.3 Å². The normalized spacial score (nSPS) is 13.1. The molecule has 7 heteroatoms. The van der Waals surface area contributed by atoms with Crippen molar-refractivity contribution in [2.45, 2.75) is 11.3 Å². The second-order valence-corrected chi connectivity index (χ2v) is 7.63. The molecule has 0 fully saturated rings. The molecular weight excluding hydrogens is 398 g/mol. The van der Waals surface area contributed by atoms with Gasteiger partial charge in [0.25, 0.3) is 0 Å². The van der Waals surface area contributed by atoms with Crippen molar-refractivity contribution < 1.29 is 14.3 Å². The summed E-state index contributed by atoms with van der Waals surface area (Å²) >= 11 is 1.46. The highest BCUT2D eigenvalue weighted by Gasteiger charge is 2.12. The summed E-state index contributed by atoms with van der Waals surface area (Å²) in [6.45, 7) is 1.30. The van der Waals surface area contributed by atoms with Gasteiger partial charge in [0, 0.05) is 17.0 Å². The van der Waals surface area contributed by atoms with Crippen LogP contribution >= 0.6 is 11.8 Å². The SMILES string of the molecule is O=C(CSc1ccc2c(c1)OCCCO2)Nc1ccc(N=Nc2ccccc2)cc1. The van der Waals surface area contributed by atoms with Crippen molar-refractivity contribution in [2.75, 3.05) is 24.3 Å². The number of hydrogen-bond acceptors (Lipinski definition) is 6. The molecule has 1 N–H and O–H groups in total.